The Kier molecular flexibility index (Phi) is 4.34. The zero-order valence-corrected chi connectivity index (χ0v) is 15.1. The van der Waals surface area contributed by atoms with Gasteiger partial charge in [-0.1, -0.05) is 12.1 Å². The predicted molar refractivity (Wildman–Crippen MR) is 89.7 cm³/mol. The summed E-state index contributed by atoms with van der Waals surface area (Å²) in [7, 11) is -6.19. The van der Waals surface area contributed by atoms with Crippen molar-refractivity contribution in [3.63, 3.8) is 0 Å². The monoisotopic (exact) mass is 416 g/mol. The van der Waals surface area contributed by atoms with Gasteiger partial charge in [-0.2, -0.15) is 26.7 Å². The first-order chi connectivity index (χ1) is 12.8. The van der Waals surface area contributed by atoms with Crippen LogP contribution in [0.2, 0.25) is 0 Å². The number of carbonyl (C=O) groups excluding carboxylic acids is 1. The molecule has 0 aliphatic rings. The van der Waals surface area contributed by atoms with Crippen LogP contribution in [-0.4, -0.2) is 40.4 Å². The van der Waals surface area contributed by atoms with Crippen LogP contribution in [0, 0.1) is 13.8 Å². The van der Waals surface area contributed by atoms with E-state index in [1.54, 1.807) is 19.1 Å². The second kappa shape index (κ2) is 6.19. The van der Waals surface area contributed by atoms with Crippen molar-refractivity contribution in [2.75, 3.05) is 0 Å². The van der Waals surface area contributed by atoms with Gasteiger partial charge in [0.15, 0.2) is 5.75 Å². The molecule has 0 unspecified atom stereocenters. The Morgan fingerprint density at radius 3 is 2.39 bits per heavy atom. The lowest BCUT2D eigenvalue weighted by Gasteiger charge is -2.15. The fraction of sp³-hybridized carbons (Fsp3) is 0.188. The summed E-state index contributed by atoms with van der Waals surface area (Å²) in [6.45, 7) is 2.81. The first-order valence-corrected chi connectivity index (χ1v) is 8.95. The Hall–Kier alpha value is -3.15. The Morgan fingerprint density at radius 2 is 1.82 bits per heavy atom. The number of Topliss-reactive ketones (excluding diaryl/α,β-unsaturated/α-hetero) is 1. The number of pyridine rings is 1. The van der Waals surface area contributed by atoms with Gasteiger partial charge in [-0.15, -0.1) is 0 Å². The molecule has 0 aliphatic carbocycles. The maximum atomic E-state index is 12.9. The first-order valence-electron chi connectivity index (χ1n) is 7.55. The number of aromatic nitrogens is 2. The summed E-state index contributed by atoms with van der Waals surface area (Å²) in [5.41, 5.74) is -6.21. The molecule has 12 heteroatoms. The molecule has 1 aromatic carbocycles. The highest BCUT2D eigenvalue weighted by atomic mass is 32.2. The van der Waals surface area contributed by atoms with Gasteiger partial charge in [-0.3, -0.25) is 4.79 Å². The molecular formula is C16H11F3N2O6S. The van der Waals surface area contributed by atoms with Crippen molar-refractivity contribution in [1.82, 2.24) is 9.61 Å². The highest BCUT2D eigenvalue weighted by Crippen LogP contribution is 2.38. The minimum Gasteiger partial charge on any atom is -0.475 e. The number of nitrogens with zero attached hydrogens (tertiary/aromatic N) is 2. The van der Waals surface area contributed by atoms with Gasteiger partial charge in [0.2, 0.25) is 0 Å². The van der Waals surface area contributed by atoms with Crippen molar-refractivity contribution in [1.29, 1.82) is 0 Å². The van der Waals surface area contributed by atoms with Crippen LogP contribution in [0.15, 0.2) is 24.4 Å². The highest BCUT2D eigenvalue weighted by Gasteiger charge is 2.49. The van der Waals surface area contributed by atoms with E-state index in [9.17, 15) is 31.2 Å². The number of alkyl halides is 3. The van der Waals surface area contributed by atoms with Crippen molar-refractivity contribution >= 4 is 38.3 Å². The van der Waals surface area contributed by atoms with Gasteiger partial charge in [-0.05, 0) is 31.0 Å². The number of ketones is 1. The summed E-state index contributed by atoms with van der Waals surface area (Å²) in [6.07, 6.45) is 1.21. The summed E-state index contributed by atoms with van der Waals surface area (Å²) in [5, 5.41) is 13.4. The molecule has 0 spiro atoms. The minimum absolute atomic E-state index is 0.127. The Balaban J connectivity index is 2.52. The van der Waals surface area contributed by atoms with Crippen molar-refractivity contribution in [2.24, 2.45) is 0 Å². The summed E-state index contributed by atoms with van der Waals surface area (Å²) >= 11 is 0. The lowest BCUT2D eigenvalue weighted by Crippen LogP contribution is -2.29. The van der Waals surface area contributed by atoms with Crippen LogP contribution in [0.3, 0.4) is 0 Å². The van der Waals surface area contributed by atoms with Crippen LogP contribution in [0.4, 0.5) is 13.2 Å². The average Bonchev–Trinajstić information content (AvgIpc) is 2.92. The van der Waals surface area contributed by atoms with Crippen LogP contribution in [0.25, 0.3) is 16.4 Å². The molecule has 148 valence electrons. The zero-order valence-electron chi connectivity index (χ0n) is 14.2. The molecule has 8 nitrogen and oxygen atoms in total. The summed E-state index contributed by atoms with van der Waals surface area (Å²) < 4.78 is 67.3. The van der Waals surface area contributed by atoms with E-state index in [4.69, 9.17) is 5.11 Å². The van der Waals surface area contributed by atoms with Crippen LogP contribution in [-0.2, 0) is 14.9 Å². The van der Waals surface area contributed by atoms with Crippen LogP contribution >= 0.6 is 0 Å². The second-order valence-electron chi connectivity index (χ2n) is 5.90. The number of hydrogen-bond donors (Lipinski definition) is 1. The van der Waals surface area contributed by atoms with E-state index >= 15 is 0 Å². The van der Waals surface area contributed by atoms with Gasteiger partial charge in [0, 0.05) is 11.6 Å². The average molecular weight is 416 g/mol. The van der Waals surface area contributed by atoms with Crippen LogP contribution in [0.1, 0.15) is 21.5 Å². The lowest BCUT2D eigenvalue weighted by atomic mass is 10.0. The first kappa shape index (κ1) is 19.6. The van der Waals surface area contributed by atoms with Gasteiger partial charge in [0.05, 0.1) is 11.1 Å². The van der Waals surface area contributed by atoms with Gasteiger partial charge in [-0.25, -0.2) is 9.31 Å². The van der Waals surface area contributed by atoms with Gasteiger partial charge in [0.1, 0.15) is 5.52 Å². The third-order valence-electron chi connectivity index (χ3n) is 3.98. The molecule has 0 saturated carbocycles. The molecule has 1 N–H and O–H groups in total. The molecule has 0 radical (unpaired) electrons. The van der Waals surface area contributed by atoms with E-state index in [1.165, 1.54) is 19.2 Å². The molecular weight excluding hydrogens is 405 g/mol. The van der Waals surface area contributed by atoms with Crippen molar-refractivity contribution in [3.05, 3.63) is 41.1 Å². The number of rotatable bonds is 4. The standard InChI is InChI=1S/C16H11F3N2O6S/c1-7-4-3-5-9-10(7)12-14(27-28(25,26)16(17,18)19)11(13(22)15(23)24)8(2)6-21(12)20-9/h3-6H,1-2H3,(H,23,24). The van der Waals surface area contributed by atoms with Gasteiger partial charge in [0.25, 0.3) is 5.78 Å². The van der Waals surface area contributed by atoms with E-state index < -0.39 is 38.7 Å². The third kappa shape index (κ3) is 2.95. The SMILES string of the molecule is Cc1cn2nc3cccc(C)c3c2c(OS(=O)(=O)C(F)(F)F)c1C(=O)C(=O)O. The number of carboxylic acid groups (broad SMARTS) is 1. The largest absolute Gasteiger partial charge is 0.534 e. The molecule has 0 aliphatic heterocycles. The fourth-order valence-corrected chi connectivity index (χ4v) is 3.28. The Labute approximate surface area is 155 Å². The number of fused-ring (bicyclic) bond motifs is 3. The highest BCUT2D eigenvalue weighted by molar-refractivity contribution is 7.88. The van der Waals surface area contributed by atoms with Gasteiger partial charge >= 0.3 is 21.6 Å². The summed E-state index contributed by atoms with van der Waals surface area (Å²) in [6, 6.07) is 4.73. The zero-order chi connectivity index (χ0) is 21.0. The minimum atomic E-state index is -6.19. The molecule has 0 atom stereocenters. The second-order valence-corrected chi connectivity index (χ2v) is 7.43. The summed E-state index contributed by atoms with van der Waals surface area (Å²) in [5.74, 6) is -4.64. The quantitative estimate of drug-likeness (QED) is 0.301. The predicted octanol–water partition coefficient (Wildman–Crippen LogP) is 2.60. The number of carboxylic acids is 1. The number of hydrogen-bond acceptors (Lipinski definition) is 6. The van der Waals surface area contributed by atoms with Crippen LogP contribution < -0.4 is 4.18 Å². The third-order valence-corrected chi connectivity index (χ3v) is 4.94. The van der Waals surface area contributed by atoms with Crippen LogP contribution in [0.5, 0.6) is 5.75 Å². The number of aliphatic carboxylic acids is 1. The van der Waals surface area contributed by atoms with Crippen molar-refractivity contribution < 1.29 is 40.5 Å². The van der Waals surface area contributed by atoms with Crippen molar-refractivity contribution in [3.8, 4) is 5.75 Å². The molecule has 3 rings (SSSR count). The molecule has 28 heavy (non-hydrogen) atoms. The van der Waals surface area contributed by atoms with E-state index in [-0.39, 0.29) is 22.0 Å². The summed E-state index contributed by atoms with van der Waals surface area (Å²) in [4.78, 5) is 23.3. The number of aryl methyl sites for hydroxylation is 2. The van der Waals surface area contributed by atoms with Crippen molar-refractivity contribution in [2.45, 2.75) is 19.4 Å². The molecule has 0 fully saturated rings. The van der Waals surface area contributed by atoms with Gasteiger partial charge < -0.3 is 9.29 Å². The maximum absolute atomic E-state index is 12.9. The number of carbonyl (C=O) groups is 2. The molecule has 0 saturated heterocycles. The molecule has 0 amide bonds. The fourth-order valence-electron chi connectivity index (χ4n) is 2.81. The smallest absolute Gasteiger partial charge is 0.475 e. The molecule has 0 bridgehead atoms. The maximum Gasteiger partial charge on any atom is 0.534 e. The Bertz CT molecular complexity index is 1260. The molecule has 2 heterocycles. The number of benzene rings is 1. The van der Waals surface area contributed by atoms with E-state index in [2.05, 4.69) is 9.28 Å². The lowest BCUT2D eigenvalue weighted by molar-refractivity contribution is -0.131. The van der Waals surface area contributed by atoms with E-state index in [1.807, 2.05) is 0 Å². The normalized spacial score (nSPS) is 12.5. The molecule has 2 aromatic heterocycles. The van der Waals surface area contributed by atoms with E-state index in [0.717, 1.165) is 4.52 Å². The Morgan fingerprint density at radius 1 is 1.18 bits per heavy atom. The van der Waals surface area contributed by atoms with E-state index in [0.29, 0.717) is 5.56 Å². The topological polar surface area (TPSA) is 115 Å². The molecule has 3 aromatic rings. The number of halogens is 3.